The smallest absolute Gasteiger partial charge is 0.230 e. The van der Waals surface area contributed by atoms with Crippen LogP contribution in [0, 0.1) is 11.6 Å². The van der Waals surface area contributed by atoms with Crippen LogP contribution in [0.1, 0.15) is 5.56 Å². The molecule has 4 nitrogen and oxygen atoms in total. The standard InChI is InChI=1S/C16H12F2N2O2S/c1-22-12-5-3-2-4-9(12)6-14(21)19-16-20-15-11(18)7-10(17)8-13(15)23-16/h2-5,7-8H,6H2,1H3,(H,19,20,21). The number of para-hydroxylation sites is 1. The topological polar surface area (TPSA) is 51.2 Å². The molecule has 0 spiro atoms. The monoisotopic (exact) mass is 334 g/mol. The van der Waals surface area contributed by atoms with Crippen LogP contribution in [0.25, 0.3) is 10.2 Å². The molecule has 0 unspecified atom stereocenters. The molecule has 0 aliphatic heterocycles. The van der Waals surface area contributed by atoms with Gasteiger partial charge in [-0.25, -0.2) is 13.8 Å². The van der Waals surface area contributed by atoms with Gasteiger partial charge in [0, 0.05) is 11.6 Å². The van der Waals surface area contributed by atoms with E-state index in [-0.39, 0.29) is 23.0 Å². The summed E-state index contributed by atoms with van der Waals surface area (Å²) in [7, 11) is 1.53. The van der Waals surface area contributed by atoms with Gasteiger partial charge in [0.05, 0.1) is 18.2 Å². The number of halogens is 2. The zero-order chi connectivity index (χ0) is 16.4. The third kappa shape index (κ3) is 3.29. The molecule has 1 aromatic heterocycles. The number of methoxy groups -OCH3 is 1. The van der Waals surface area contributed by atoms with Crippen molar-refractivity contribution in [3.8, 4) is 5.75 Å². The number of thiazole rings is 1. The maximum absolute atomic E-state index is 13.6. The third-order valence-corrected chi connectivity index (χ3v) is 4.12. The molecule has 3 aromatic rings. The van der Waals surface area contributed by atoms with Gasteiger partial charge in [-0.15, -0.1) is 0 Å². The van der Waals surface area contributed by atoms with Crippen molar-refractivity contribution in [3.63, 3.8) is 0 Å². The van der Waals surface area contributed by atoms with E-state index in [1.165, 1.54) is 13.2 Å². The first kappa shape index (κ1) is 15.4. The highest BCUT2D eigenvalue weighted by Crippen LogP contribution is 2.29. The van der Waals surface area contributed by atoms with Crippen LogP contribution < -0.4 is 10.1 Å². The van der Waals surface area contributed by atoms with E-state index in [1.54, 1.807) is 18.2 Å². The number of fused-ring (bicyclic) bond motifs is 1. The van der Waals surface area contributed by atoms with Crippen LogP contribution in [-0.4, -0.2) is 18.0 Å². The van der Waals surface area contributed by atoms with E-state index >= 15 is 0 Å². The number of benzene rings is 2. The first-order valence-electron chi connectivity index (χ1n) is 6.74. The van der Waals surface area contributed by atoms with Gasteiger partial charge in [0.1, 0.15) is 17.1 Å². The molecule has 3 rings (SSSR count). The summed E-state index contributed by atoms with van der Waals surface area (Å²) in [5.41, 5.74) is 0.773. The van der Waals surface area contributed by atoms with E-state index in [4.69, 9.17) is 4.74 Å². The lowest BCUT2D eigenvalue weighted by Crippen LogP contribution is -2.14. The molecule has 0 aliphatic rings. The Hall–Kier alpha value is -2.54. The minimum absolute atomic E-state index is 0.0454. The maximum atomic E-state index is 13.6. The molecule has 1 heterocycles. The number of anilines is 1. The summed E-state index contributed by atoms with van der Waals surface area (Å²) < 4.78 is 32.3. The van der Waals surface area contributed by atoms with Crippen molar-refractivity contribution in [2.75, 3.05) is 12.4 Å². The normalized spacial score (nSPS) is 10.7. The number of hydrogen-bond donors (Lipinski definition) is 1. The molecule has 0 fully saturated rings. The van der Waals surface area contributed by atoms with Gasteiger partial charge in [0.15, 0.2) is 10.9 Å². The molecule has 7 heteroatoms. The van der Waals surface area contributed by atoms with E-state index in [9.17, 15) is 13.6 Å². The maximum Gasteiger partial charge on any atom is 0.230 e. The number of ether oxygens (including phenoxy) is 1. The molecule has 0 aliphatic carbocycles. The number of aromatic nitrogens is 1. The lowest BCUT2D eigenvalue weighted by Gasteiger charge is -2.07. The number of rotatable bonds is 4. The average molecular weight is 334 g/mol. The quantitative estimate of drug-likeness (QED) is 0.790. The molecule has 0 bridgehead atoms. The fraction of sp³-hybridized carbons (Fsp3) is 0.125. The van der Waals surface area contributed by atoms with Gasteiger partial charge in [-0.2, -0.15) is 0 Å². The number of carbonyl (C=O) groups excluding carboxylic acids is 1. The number of amides is 1. The summed E-state index contributed by atoms with van der Waals surface area (Å²) in [6.45, 7) is 0. The average Bonchev–Trinajstić information content (AvgIpc) is 2.90. The molecule has 1 amide bonds. The molecule has 1 N–H and O–H groups in total. The highest BCUT2D eigenvalue weighted by molar-refractivity contribution is 7.22. The van der Waals surface area contributed by atoms with E-state index in [0.29, 0.717) is 10.4 Å². The molecular weight excluding hydrogens is 322 g/mol. The van der Waals surface area contributed by atoms with Crippen molar-refractivity contribution < 1.29 is 18.3 Å². The van der Waals surface area contributed by atoms with Crippen LogP contribution in [0.3, 0.4) is 0 Å². The molecule has 118 valence electrons. The summed E-state index contributed by atoms with van der Waals surface area (Å²) in [6, 6.07) is 9.12. The Balaban J connectivity index is 1.79. The molecule has 23 heavy (non-hydrogen) atoms. The first-order valence-corrected chi connectivity index (χ1v) is 7.56. The van der Waals surface area contributed by atoms with Gasteiger partial charge < -0.3 is 10.1 Å². The minimum Gasteiger partial charge on any atom is -0.496 e. The molecule has 0 radical (unpaired) electrons. The van der Waals surface area contributed by atoms with Crippen molar-refractivity contribution >= 4 is 32.6 Å². The fourth-order valence-corrected chi connectivity index (χ4v) is 3.12. The Morgan fingerprint density at radius 3 is 2.87 bits per heavy atom. The Labute approximate surface area is 134 Å². The number of nitrogens with one attached hydrogen (secondary N) is 1. The van der Waals surface area contributed by atoms with Crippen LogP contribution in [0.15, 0.2) is 36.4 Å². The van der Waals surface area contributed by atoms with Gasteiger partial charge in [0.2, 0.25) is 5.91 Å². The SMILES string of the molecule is COc1ccccc1CC(=O)Nc1nc2c(F)cc(F)cc2s1. The molecular formula is C16H12F2N2O2S. The second-order valence-corrected chi connectivity index (χ2v) is 5.82. The minimum atomic E-state index is -0.749. The fourth-order valence-electron chi connectivity index (χ4n) is 2.20. The van der Waals surface area contributed by atoms with Crippen LogP contribution in [0.4, 0.5) is 13.9 Å². The third-order valence-electron chi connectivity index (χ3n) is 3.20. The van der Waals surface area contributed by atoms with E-state index in [0.717, 1.165) is 23.0 Å². The number of nitrogens with zero attached hydrogens (tertiary/aromatic N) is 1. The lowest BCUT2D eigenvalue weighted by atomic mass is 10.1. The van der Waals surface area contributed by atoms with Crippen molar-refractivity contribution in [2.24, 2.45) is 0 Å². The van der Waals surface area contributed by atoms with Crippen molar-refractivity contribution in [3.05, 3.63) is 53.6 Å². The molecule has 0 saturated heterocycles. The molecule has 0 atom stereocenters. The van der Waals surface area contributed by atoms with Gasteiger partial charge in [-0.1, -0.05) is 29.5 Å². The second kappa shape index (κ2) is 6.29. The van der Waals surface area contributed by atoms with Crippen molar-refractivity contribution in [1.29, 1.82) is 0 Å². The highest BCUT2D eigenvalue weighted by Gasteiger charge is 2.14. The highest BCUT2D eigenvalue weighted by atomic mass is 32.1. The zero-order valence-electron chi connectivity index (χ0n) is 12.1. The van der Waals surface area contributed by atoms with Crippen LogP contribution in [-0.2, 0) is 11.2 Å². The summed E-state index contributed by atoms with van der Waals surface area (Å²) in [5, 5.41) is 2.83. The van der Waals surface area contributed by atoms with Crippen molar-refractivity contribution in [2.45, 2.75) is 6.42 Å². The Morgan fingerprint density at radius 1 is 1.30 bits per heavy atom. The predicted octanol–water partition coefficient (Wildman–Crippen LogP) is 3.76. The Bertz CT molecular complexity index is 880. The van der Waals surface area contributed by atoms with Gasteiger partial charge in [-0.05, 0) is 12.1 Å². The predicted molar refractivity (Wildman–Crippen MR) is 84.9 cm³/mol. The van der Waals surface area contributed by atoms with Crippen LogP contribution >= 0.6 is 11.3 Å². The summed E-state index contributed by atoms with van der Waals surface area (Å²) in [4.78, 5) is 16.1. The Morgan fingerprint density at radius 2 is 2.09 bits per heavy atom. The largest absolute Gasteiger partial charge is 0.496 e. The first-order chi connectivity index (χ1) is 11.1. The summed E-state index contributed by atoms with van der Waals surface area (Å²) in [6.07, 6.45) is 0.0940. The zero-order valence-corrected chi connectivity index (χ0v) is 12.9. The molecule has 0 saturated carbocycles. The van der Waals surface area contributed by atoms with Crippen molar-refractivity contribution in [1.82, 2.24) is 4.98 Å². The van der Waals surface area contributed by atoms with Gasteiger partial charge in [-0.3, -0.25) is 4.79 Å². The summed E-state index contributed by atoms with van der Waals surface area (Å²) in [5.74, 6) is -1.12. The van der Waals surface area contributed by atoms with Gasteiger partial charge in [0.25, 0.3) is 0 Å². The van der Waals surface area contributed by atoms with Crippen LogP contribution in [0.5, 0.6) is 5.75 Å². The lowest BCUT2D eigenvalue weighted by molar-refractivity contribution is -0.115. The van der Waals surface area contributed by atoms with E-state index in [2.05, 4.69) is 10.3 Å². The van der Waals surface area contributed by atoms with E-state index in [1.807, 2.05) is 6.07 Å². The van der Waals surface area contributed by atoms with Gasteiger partial charge >= 0.3 is 0 Å². The summed E-state index contributed by atoms with van der Waals surface area (Å²) >= 11 is 1.02. The van der Waals surface area contributed by atoms with E-state index < -0.39 is 11.6 Å². The molecule has 2 aromatic carbocycles. The Kier molecular flexibility index (Phi) is 4.20. The van der Waals surface area contributed by atoms with Crippen LogP contribution in [0.2, 0.25) is 0 Å². The second-order valence-electron chi connectivity index (χ2n) is 4.79. The number of hydrogen-bond acceptors (Lipinski definition) is 4. The number of carbonyl (C=O) groups is 1.